The Morgan fingerprint density at radius 2 is 1.22 bits per heavy atom. The summed E-state index contributed by atoms with van der Waals surface area (Å²) in [4.78, 5) is 23.5. The molecule has 11 heteroatoms. The smallest absolute Gasteiger partial charge is 0.412 e. The van der Waals surface area contributed by atoms with Crippen molar-refractivity contribution in [2.45, 2.75) is 26.1 Å². The van der Waals surface area contributed by atoms with E-state index >= 15 is 0 Å². The van der Waals surface area contributed by atoms with E-state index in [0.717, 1.165) is 0 Å². The summed E-state index contributed by atoms with van der Waals surface area (Å²) in [5.74, 6) is -1.05. The van der Waals surface area contributed by atoms with Crippen LogP contribution in [0, 0.1) is 5.41 Å². The number of hydrogen-bond donors (Lipinski definition) is 5. The van der Waals surface area contributed by atoms with E-state index in [1.807, 2.05) is 0 Å². The number of para-hydroxylation sites is 4. The molecule has 0 fully saturated rings. The minimum absolute atomic E-state index is 0.0700. The van der Waals surface area contributed by atoms with Crippen LogP contribution >= 0.6 is 7.60 Å². The molecule has 0 aromatic heterocycles. The lowest BCUT2D eigenvalue weighted by Crippen LogP contribution is -2.48. The Balaban J connectivity index is 2.23. The van der Waals surface area contributed by atoms with E-state index in [1.54, 1.807) is 66.7 Å². The van der Waals surface area contributed by atoms with Crippen LogP contribution in [0.5, 0.6) is 11.5 Å². The minimum atomic E-state index is -4.44. The maximum atomic E-state index is 14.9. The van der Waals surface area contributed by atoms with Gasteiger partial charge in [0.15, 0.2) is 22.7 Å². The van der Waals surface area contributed by atoms with Gasteiger partial charge < -0.3 is 30.7 Å². The van der Waals surface area contributed by atoms with Crippen molar-refractivity contribution in [3.05, 3.63) is 84.4 Å². The van der Waals surface area contributed by atoms with Gasteiger partial charge in [0, 0.05) is 13.8 Å². The van der Waals surface area contributed by atoms with E-state index in [2.05, 4.69) is 16.0 Å². The number of benzene rings is 3. The molecule has 0 saturated carbocycles. The van der Waals surface area contributed by atoms with Crippen molar-refractivity contribution in [2.75, 3.05) is 10.6 Å². The summed E-state index contributed by atoms with van der Waals surface area (Å²) in [6.45, 7) is 4.20. The second kappa shape index (κ2) is 11.0. The zero-order chi connectivity index (χ0) is 26.3. The summed E-state index contributed by atoms with van der Waals surface area (Å²) in [5.41, 5.74) is 6.70. The molecule has 3 aromatic rings. The molecule has 2 amide bonds. The van der Waals surface area contributed by atoms with E-state index in [0.29, 0.717) is 5.56 Å². The van der Waals surface area contributed by atoms with Crippen LogP contribution in [-0.4, -0.2) is 17.8 Å². The molecular formula is C25H28N5O5P. The van der Waals surface area contributed by atoms with Gasteiger partial charge in [-0.25, -0.2) is 4.57 Å². The third-order valence-corrected chi connectivity index (χ3v) is 7.43. The van der Waals surface area contributed by atoms with Gasteiger partial charge in [-0.3, -0.25) is 15.0 Å². The average molecular weight is 510 g/mol. The quantitative estimate of drug-likeness (QED) is 0.160. The zero-order valence-corrected chi connectivity index (χ0v) is 21.0. The summed E-state index contributed by atoms with van der Waals surface area (Å²) >= 11 is 0. The predicted octanol–water partition coefficient (Wildman–Crippen LogP) is 4.61. The van der Waals surface area contributed by atoms with Gasteiger partial charge in [-0.05, 0) is 36.8 Å². The van der Waals surface area contributed by atoms with E-state index in [4.69, 9.17) is 20.2 Å². The summed E-state index contributed by atoms with van der Waals surface area (Å²) in [6.07, 6.45) is 0. The van der Waals surface area contributed by atoms with Crippen LogP contribution in [0.15, 0.2) is 78.9 Å². The minimum Gasteiger partial charge on any atom is -0.412 e. The summed E-state index contributed by atoms with van der Waals surface area (Å²) in [7, 11) is -4.44. The first-order valence-corrected chi connectivity index (χ1v) is 12.5. The van der Waals surface area contributed by atoms with Crippen molar-refractivity contribution in [3.63, 3.8) is 0 Å². The Labute approximate surface area is 209 Å². The molecule has 1 unspecified atom stereocenters. The summed E-state index contributed by atoms with van der Waals surface area (Å²) in [5, 5.41) is 14.3. The van der Waals surface area contributed by atoms with Crippen molar-refractivity contribution in [1.29, 1.82) is 5.41 Å². The first-order chi connectivity index (χ1) is 17.0. The van der Waals surface area contributed by atoms with Gasteiger partial charge in [0.05, 0.1) is 11.4 Å². The van der Waals surface area contributed by atoms with Gasteiger partial charge in [0.2, 0.25) is 11.8 Å². The molecular weight excluding hydrogens is 481 g/mol. The number of carbonyl (C=O) groups is 2. The fourth-order valence-electron chi connectivity index (χ4n) is 3.46. The molecule has 0 radical (unpaired) electrons. The molecule has 0 aliphatic carbocycles. The van der Waals surface area contributed by atoms with Crippen LogP contribution in [-0.2, 0) is 19.4 Å². The highest BCUT2D eigenvalue weighted by atomic mass is 31.2. The Bertz CT molecular complexity index is 1250. The van der Waals surface area contributed by atoms with Crippen molar-refractivity contribution in [3.8, 4) is 11.5 Å². The highest BCUT2D eigenvalue weighted by Gasteiger charge is 2.53. The largest absolute Gasteiger partial charge is 0.460 e. The molecule has 3 rings (SSSR count). The number of amides is 2. The van der Waals surface area contributed by atoms with Crippen LogP contribution in [0.3, 0.4) is 0 Å². The van der Waals surface area contributed by atoms with Crippen LogP contribution in [0.1, 0.15) is 26.3 Å². The van der Waals surface area contributed by atoms with Crippen molar-refractivity contribution in [2.24, 2.45) is 5.73 Å². The lowest BCUT2D eigenvalue weighted by molar-refractivity contribution is -0.115. The van der Waals surface area contributed by atoms with Crippen molar-refractivity contribution >= 4 is 36.7 Å². The van der Waals surface area contributed by atoms with Gasteiger partial charge in [-0.1, -0.05) is 54.6 Å². The van der Waals surface area contributed by atoms with E-state index in [9.17, 15) is 14.2 Å². The van der Waals surface area contributed by atoms with E-state index in [-0.39, 0.29) is 34.7 Å². The monoisotopic (exact) mass is 509 g/mol. The van der Waals surface area contributed by atoms with Gasteiger partial charge in [0.1, 0.15) is 0 Å². The third kappa shape index (κ3) is 6.03. The zero-order valence-electron chi connectivity index (χ0n) is 20.1. The molecule has 0 aliphatic heterocycles. The molecule has 188 valence electrons. The highest BCUT2D eigenvalue weighted by molar-refractivity contribution is 7.56. The lowest BCUT2D eigenvalue weighted by Gasteiger charge is -2.37. The van der Waals surface area contributed by atoms with E-state index in [1.165, 1.54) is 32.9 Å². The Morgan fingerprint density at radius 3 is 1.64 bits per heavy atom. The molecule has 10 nitrogen and oxygen atoms in total. The number of guanidine groups is 1. The molecule has 0 spiro atoms. The summed E-state index contributed by atoms with van der Waals surface area (Å²) < 4.78 is 27.1. The topological polar surface area (TPSA) is 156 Å². The molecule has 1 atom stereocenters. The van der Waals surface area contributed by atoms with Gasteiger partial charge in [0.25, 0.3) is 0 Å². The molecule has 0 heterocycles. The van der Waals surface area contributed by atoms with Crippen LogP contribution < -0.4 is 30.7 Å². The predicted molar refractivity (Wildman–Crippen MR) is 139 cm³/mol. The lowest BCUT2D eigenvalue weighted by atomic mass is 10.1. The number of nitrogens with one attached hydrogen (secondary N) is 4. The number of anilines is 2. The maximum Gasteiger partial charge on any atom is 0.460 e. The van der Waals surface area contributed by atoms with Crippen LogP contribution in [0.2, 0.25) is 0 Å². The normalized spacial score (nSPS) is 12.5. The maximum absolute atomic E-state index is 14.9. The average Bonchev–Trinajstić information content (AvgIpc) is 2.81. The fraction of sp³-hybridized carbons (Fsp3) is 0.160. The van der Waals surface area contributed by atoms with Crippen molar-refractivity contribution < 1.29 is 23.2 Å². The van der Waals surface area contributed by atoms with E-state index < -0.39 is 18.8 Å². The highest BCUT2D eigenvalue weighted by Crippen LogP contribution is 2.63. The second-order valence-electron chi connectivity index (χ2n) is 8.01. The Morgan fingerprint density at radius 1 is 0.806 bits per heavy atom. The summed E-state index contributed by atoms with van der Waals surface area (Å²) in [6, 6.07) is 21.5. The van der Waals surface area contributed by atoms with Gasteiger partial charge in [-0.2, -0.15) is 0 Å². The SMILES string of the molecule is CC(=O)Nc1ccccc1OP(=O)(Oc1ccccc1NC(C)=O)C(C)(NC(=N)N)c1ccccc1. The first kappa shape index (κ1) is 26.3. The first-order valence-electron chi connectivity index (χ1n) is 10.9. The molecule has 3 aromatic carbocycles. The fourth-order valence-corrected chi connectivity index (χ4v) is 5.42. The molecule has 36 heavy (non-hydrogen) atoms. The molecule has 0 bridgehead atoms. The van der Waals surface area contributed by atoms with Crippen molar-refractivity contribution in [1.82, 2.24) is 5.32 Å². The molecule has 6 N–H and O–H groups in total. The number of rotatable bonds is 9. The third-order valence-electron chi connectivity index (χ3n) is 5.09. The second-order valence-corrected chi connectivity index (χ2v) is 10.3. The number of nitrogens with two attached hydrogens (primary N) is 1. The Kier molecular flexibility index (Phi) is 8.01. The van der Waals surface area contributed by atoms with Crippen LogP contribution in [0.4, 0.5) is 11.4 Å². The van der Waals surface area contributed by atoms with Gasteiger partial charge >= 0.3 is 7.60 Å². The molecule has 0 aliphatic rings. The number of carbonyl (C=O) groups excluding carboxylic acids is 2. The standard InChI is InChI=1S/C25H28N5O5P/c1-17(31)28-20-13-7-9-15-22(20)34-36(33,35-23-16-10-8-14-21(23)29-18(2)32)25(3,30-24(26)27)19-11-5-4-6-12-19/h4-16H,1-3H3,(H,28,31)(H,29,32)(H4,26,27,30). The van der Waals surface area contributed by atoms with Crippen LogP contribution in [0.25, 0.3) is 0 Å². The number of hydrogen-bond acceptors (Lipinski definition) is 6. The molecule has 0 saturated heterocycles. The van der Waals surface area contributed by atoms with Gasteiger partial charge in [-0.15, -0.1) is 0 Å². The Hall–Kier alpha value is -4.30.